The number of hydrogen-bond acceptors (Lipinski definition) is 4. The van der Waals surface area contributed by atoms with Gasteiger partial charge in [0, 0.05) is 6.08 Å². The third-order valence-corrected chi connectivity index (χ3v) is 4.38. The average Bonchev–Trinajstić information content (AvgIpc) is 2.60. The summed E-state index contributed by atoms with van der Waals surface area (Å²) in [5.41, 5.74) is 3.16. The van der Waals surface area contributed by atoms with Gasteiger partial charge in [-0.2, -0.15) is 0 Å². The van der Waals surface area contributed by atoms with Crippen LogP contribution in [0, 0.1) is 10.5 Å². The van der Waals surface area contributed by atoms with Crippen LogP contribution in [0.2, 0.25) is 0 Å². The monoisotopic (exact) mass is 452 g/mol. The van der Waals surface area contributed by atoms with E-state index in [1.807, 2.05) is 30.3 Å². The minimum atomic E-state index is -0.364. The largest absolute Gasteiger partial charge is 0.493 e. The third-order valence-electron chi connectivity index (χ3n) is 3.58. The highest BCUT2D eigenvalue weighted by Crippen LogP contribution is 2.35. The Bertz CT molecular complexity index is 768. The zero-order valence-corrected chi connectivity index (χ0v) is 16.7. The summed E-state index contributed by atoms with van der Waals surface area (Å²) in [6, 6.07) is 11.9. The number of hydrogen-bond donors (Lipinski definition) is 0. The van der Waals surface area contributed by atoms with Crippen LogP contribution >= 0.6 is 22.6 Å². The van der Waals surface area contributed by atoms with Gasteiger partial charge in [0.05, 0.1) is 17.3 Å². The molecular weight excluding hydrogens is 431 g/mol. The number of halogens is 1. The Morgan fingerprint density at radius 3 is 2.68 bits per heavy atom. The molecule has 0 amide bonds. The molecule has 0 atom stereocenters. The topological polar surface area (TPSA) is 44.8 Å². The molecule has 0 saturated carbocycles. The fraction of sp³-hybridized carbons (Fsp3) is 0.250. The van der Waals surface area contributed by atoms with Crippen LogP contribution < -0.4 is 9.47 Å². The van der Waals surface area contributed by atoms with Crippen LogP contribution in [0.5, 0.6) is 11.5 Å². The van der Waals surface area contributed by atoms with E-state index in [1.165, 1.54) is 11.6 Å². The molecular formula is C20H21IO4. The molecule has 0 spiro atoms. The molecule has 0 aliphatic rings. The first kappa shape index (κ1) is 19.3. The molecule has 0 unspecified atom stereocenters. The van der Waals surface area contributed by atoms with Crippen molar-refractivity contribution in [1.29, 1.82) is 0 Å². The van der Waals surface area contributed by atoms with Crippen molar-refractivity contribution in [1.82, 2.24) is 0 Å². The van der Waals surface area contributed by atoms with Crippen molar-refractivity contribution in [3.63, 3.8) is 0 Å². The maximum Gasteiger partial charge on any atom is 0.330 e. The third kappa shape index (κ3) is 5.49. The van der Waals surface area contributed by atoms with E-state index in [2.05, 4.69) is 35.6 Å². The number of rotatable bonds is 7. The molecule has 2 rings (SSSR count). The normalized spacial score (nSPS) is 10.7. The molecule has 0 bridgehead atoms. The van der Waals surface area contributed by atoms with Crippen molar-refractivity contribution < 1.29 is 19.0 Å². The average molecular weight is 452 g/mol. The van der Waals surface area contributed by atoms with E-state index in [9.17, 15) is 4.79 Å². The van der Waals surface area contributed by atoms with E-state index >= 15 is 0 Å². The summed E-state index contributed by atoms with van der Waals surface area (Å²) >= 11 is 2.21. The molecule has 2 aromatic rings. The maximum atomic E-state index is 11.4. The molecule has 5 heteroatoms. The van der Waals surface area contributed by atoms with Gasteiger partial charge in [0.1, 0.15) is 6.61 Å². The summed E-state index contributed by atoms with van der Waals surface area (Å²) in [5.74, 6) is 0.958. The lowest BCUT2D eigenvalue weighted by Crippen LogP contribution is -2.02. The van der Waals surface area contributed by atoms with Crippen molar-refractivity contribution in [3.05, 3.63) is 62.7 Å². The van der Waals surface area contributed by atoms with Gasteiger partial charge in [0.25, 0.3) is 0 Å². The van der Waals surface area contributed by atoms with Crippen molar-refractivity contribution in [3.8, 4) is 11.5 Å². The molecule has 25 heavy (non-hydrogen) atoms. The van der Waals surface area contributed by atoms with Crippen molar-refractivity contribution in [2.75, 3.05) is 13.7 Å². The Kier molecular flexibility index (Phi) is 7.31. The van der Waals surface area contributed by atoms with Gasteiger partial charge in [0.2, 0.25) is 0 Å². The summed E-state index contributed by atoms with van der Waals surface area (Å²) in [6.07, 6.45) is 3.11. The molecule has 0 fully saturated rings. The molecule has 4 nitrogen and oxygen atoms in total. The van der Waals surface area contributed by atoms with Gasteiger partial charge in [-0.15, -0.1) is 0 Å². The minimum absolute atomic E-state index is 0.357. The molecule has 2 aromatic carbocycles. The predicted octanol–water partition coefficient (Wildman–Crippen LogP) is 4.76. The van der Waals surface area contributed by atoms with Gasteiger partial charge in [0.15, 0.2) is 11.5 Å². The molecule has 0 aliphatic carbocycles. The number of methoxy groups -OCH3 is 1. The minimum Gasteiger partial charge on any atom is -0.493 e. The smallest absolute Gasteiger partial charge is 0.330 e. The first-order chi connectivity index (χ1) is 12.0. The Morgan fingerprint density at radius 1 is 1.24 bits per heavy atom. The Labute approximate surface area is 161 Å². The van der Waals surface area contributed by atoms with Crippen molar-refractivity contribution >= 4 is 34.6 Å². The lowest BCUT2D eigenvalue weighted by molar-refractivity contribution is -0.137. The van der Waals surface area contributed by atoms with Gasteiger partial charge < -0.3 is 14.2 Å². The first-order valence-corrected chi connectivity index (χ1v) is 9.02. The molecule has 0 radical (unpaired) electrons. The van der Waals surface area contributed by atoms with Crippen LogP contribution in [-0.4, -0.2) is 19.7 Å². The van der Waals surface area contributed by atoms with E-state index in [4.69, 9.17) is 14.2 Å². The quantitative estimate of drug-likeness (QED) is 0.345. The van der Waals surface area contributed by atoms with Crippen LogP contribution in [0.1, 0.15) is 23.6 Å². The van der Waals surface area contributed by atoms with Gasteiger partial charge in [-0.05, 0) is 71.3 Å². The molecule has 0 aliphatic heterocycles. The van der Waals surface area contributed by atoms with Gasteiger partial charge >= 0.3 is 5.97 Å². The van der Waals surface area contributed by atoms with E-state index in [0.29, 0.717) is 24.7 Å². The highest BCUT2D eigenvalue weighted by atomic mass is 127. The molecule has 132 valence electrons. The van der Waals surface area contributed by atoms with E-state index in [0.717, 1.165) is 14.7 Å². The number of aryl methyl sites for hydroxylation is 1. The SMILES string of the molecule is CCOC(=O)/C=C/c1cc(I)c(OCc2ccccc2C)c(OC)c1. The summed E-state index contributed by atoms with van der Waals surface area (Å²) in [6.45, 7) is 4.66. The van der Waals surface area contributed by atoms with Crippen molar-refractivity contribution in [2.45, 2.75) is 20.5 Å². The van der Waals surface area contributed by atoms with Crippen LogP contribution in [0.3, 0.4) is 0 Å². The Hall–Kier alpha value is -2.02. The lowest BCUT2D eigenvalue weighted by atomic mass is 10.1. The fourth-order valence-electron chi connectivity index (χ4n) is 2.25. The van der Waals surface area contributed by atoms with E-state index in [-0.39, 0.29) is 5.97 Å². The zero-order valence-electron chi connectivity index (χ0n) is 14.5. The second-order valence-corrected chi connectivity index (χ2v) is 6.50. The predicted molar refractivity (Wildman–Crippen MR) is 107 cm³/mol. The van der Waals surface area contributed by atoms with Crippen LogP contribution in [-0.2, 0) is 16.1 Å². The summed E-state index contributed by atoms with van der Waals surface area (Å²) < 4.78 is 17.3. The molecule has 0 heterocycles. The Morgan fingerprint density at radius 2 is 2.00 bits per heavy atom. The molecule has 0 N–H and O–H groups in total. The molecule has 0 saturated heterocycles. The Balaban J connectivity index is 2.19. The van der Waals surface area contributed by atoms with E-state index in [1.54, 1.807) is 20.1 Å². The number of carbonyl (C=O) groups excluding carboxylic acids is 1. The summed E-state index contributed by atoms with van der Waals surface area (Å²) in [4.78, 5) is 11.4. The molecule has 0 aromatic heterocycles. The number of esters is 1. The lowest BCUT2D eigenvalue weighted by Gasteiger charge is -2.14. The van der Waals surface area contributed by atoms with Crippen molar-refractivity contribution in [2.24, 2.45) is 0 Å². The van der Waals surface area contributed by atoms with Crippen LogP contribution in [0.15, 0.2) is 42.5 Å². The van der Waals surface area contributed by atoms with Crippen LogP contribution in [0.4, 0.5) is 0 Å². The number of ether oxygens (including phenoxy) is 3. The standard InChI is InChI=1S/C20H21IO4/c1-4-24-19(22)10-9-15-11-17(21)20(18(12-15)23-3)25-13-16-8-6-5-7-14(16)2/h5-12H,4,13H2,1-3H3/b10-9+. The summed E-state index contributed by atoms with van der Waals surface area (Å²) in [5, 5.41) is 0. The highest BCUT2D eigenvalue weighted by Gasteiger charge is 2.12. The maximum absolute atomic E-state index is 11.4. The highest BCUT2D eigenvalue weighted by molar-refractivity contribution is 14.1. The zero-order chi connectivity index (χ0) is 18.2. The van der Waals surface area contributed by atoms with Gasteiger partial charge in [-0.25, -0.2) is 4.79 Å². The first-order valence-electron chi connectivity index (χ1n) is 7.94. The van der Waals surface area contributed by atoms with Crippen LogP contribution in [0.25, 0.3) is 6.08 Å². The van der Waals surface area contributed by atoms with Gasteiger partial charge in [-0.3, -0.25) is 0 Å². The number of carbonyl (C=O) groups is 1. The fourth-order valence-corrected chi connectivity index (χ4v) is 3.03. The van der Waals surface area contributed by atoms with E-state index < -0.39 is 0 Å². The second kappa shape index (κ2) is 9.46. The van der Waals surface area contributed by atoms with Gasteiger partial charge in [-0.1, -0.05) is 24.3 Å². The second-order valence-electron chi connectivity index (χ2n) is 5.33. The number of benzene rings is 2. The summed E-state index contributed by atoms with van der Waals surface area (Å²) in [7, 11) is 1.60.